The molecule has 1 aliphatic rings. The summed E-state index contributed by atoms with van der Waals surface area (Å²) in [6, 6.07) is 9.29. The highest BCUT2D eigenvalue weighted by Gasteiger charge is 2.22. The number of benzene rings is 1. The fraction of sp³-hybridized carbons (Fsp3) is 0.556. The minimum Gasteiger partial charge on any atom is -0.445 e. The van der Waals surface area contributed by atoms with Crippen molar-refractivity contribution in [2.75, 3.05) is 13.1 Å². The van der Waals surface area contributed by atoms with Crippen LogP contribution in [0, 0.1) is 5.92 Å². The summed E-state index contributed by atoms with van der Waals surface area (Å²) in [5, 5.41) is 2.72. The van der Waals surface area contributed by atoms with Crippen molar-refractivity contribution >= 4 is 12.0 Å². The van der Waals surface area contributed by atoms with Crippen LogP contribution in [0.15, 0.2) is 30.3 Å². The van der Waals surface area contributed by atoms with E-state index in [2.05, 4.69) is 12.2 Å². The summed E-state index contributed by atoms with van der Waals surface area (Å²) in [5.74, 6) is 0.801. The maximum atomic E-state index is 12.2. The van der Waals surface area contributed by atoms with Crippen molar-refractivity contribution < 1.29 is 14.3 Å². The molecule has 1 aliphatic heterocycles. The summed E-state index contributed by atoms with van der Waals surface area (Å²) < 4.78 is 5.16. The molecular formula is C18H26N2O3. The van der Waals surface area contributed by atoms with Gasteiger partial charge in [-0.2, -0.15) is 0 Å². The summed E-state index contributed by atoms with van der Waals surface area (Å²) in [7, 11) is 0. The Bertz CT molecular complexity index is 510. The first-order valence-corrected chi connectivity index (χ1v) is 8.29. The number of carbonyl (C=O) groups excluding carboxylic acids is 2. The molecular weight excluding hydrogens is 292 g/mol. The average molecular weight is 318 g/mol. The predicted octanol–water partition coefficient (Wildman–Crippen LogP) is 2.95. The minimum atomic E-state index is -0.485. The number of piperidine rings is 1. The van der Waals surface area contributed by atoms with Crippen LogP contribution in [0.25, 0.3) is 0 Å². The van der Waals surface area contributed by atoms with Gasteiger partial charge in [0.1, 0.15) is 6.61 Å². The Balaban J connectivity index is 1.68. The lowest BCUT2D eigenvalue weighted by molar-refractivity contribution is -0.132. The fourth-order valence-corrected chi connectivity index (χ4v) is 2.67. The minimum absolute atomic E-state index is 0.104. The number of alkyl carbamates (subject to hydrolysis) is 1. The molecule has 1 aromatic rings. The summed E-state index contributed by atoms with van der Waals surface area (Å²) in [6.07, 6.45) is 1.95. The maximum absolute atomic E-state index is 12.2. The van der Waals surface area contributed by atoms with E-state index in [1.165, 1.54) is 0 Å². The van der Waals surface area contributed by atoms with Gasteiger partial charge < -0.3 is 15.0 Å². The number of hydrogen-bond acceptors (Lipinski definition) is 3. The van der Waals surface area contributed by atoms with Crippen LogP contribution in [0.4, 0.5) is 4.79 Å². The zero-order valence-electron chi connectivity index (χ0n) is 14.0. The van der Waals surface area contributed by atoms with E-state index >= 15 is 0 Å². The molecule has 1 atom stereocenters. The van der Waals surface area contributed by atoms with Gasteiger partial charge in [0.05, 0.1) is 0 Å². The molecule has 5 nitrogen and oxygen atoms in total. The Morgan fingerprint density at radius 3 is 2.57 bits per heavy atom. The lowest BCUT2D eigenvalue weighted by atomic mass is 9.99. The van der Waals surface area contributed by atoms with E-state index in [0.29, 0.717) is 12.3 Å². The fourth-order valence-electron chi connectivity index (χ4n) is 2.67. The van der Waals surface area contributed by atoms with Gasteiger partial charge in [0.2, 0.25) is 5.91 Å². The Labute approximate surface area is 138 Å². The van der Waals surface area contributed by atoms with Crippen molar-refractivity contribution in [1.82, 2.24) is 10.2 Å². The summed E-state index contributed by atoms with van der Waals surface area (Å²) in [5.41, 5.74) is 0.939. The Hall–Kier alpha value is -2.04. The van der Waals surface area contributed by atoms with E-state index in [4.69, 9.17) is 4.74 Å². The van der Waals surface area contributed by atoms with Crippen molar-refractivity contribution in [2.45, 2.75) is 45.8 Å². The summed E-state index contributed by atoms with van der Waals surface area (Å²) in [4.78, 5) is 25.9. The largest absolute Gasteiger partial charge is 0.445 e. The van der Waals surface area contributed by atoms with Crippen LogP contribution in [0.3, 0.4) is 0 Å². The molecule has 2 amide bonds. The molecule has 0 radical (unpaired) electrons. The number of nitrogens with zero attached hydrogens (tertiary/aromatic N) is 1. The molecule has 5 heteroatoms. The van der Waals surface area contributed by atoms with Crippen LogP contribution < -0.4 is 5.32 Å². The van der Waals surface area contributed by atoms with Crippen molar-refractivity contribution in [3.63, 3.8) is 0 Å². The highest BCUT2D eigenvalue weighted by Crippen LogP contribution is 2.16. The van der Waals surface area contributed by atoms with Crippen molar-refractivity contribution in [2.24, 2.45) is 5.92 Å². The molecule has 0 aromatic heterocycles. The lowest BCUT2D eigenvalue weighted by Crippen LogP contribution is -2.42. The van der Waals surface area contributed by atoms with Gasteiger partial charge in [0.15, 0.2) is 0 Å². The van der Waals surface area contributed by atoms with Crippen LogP contribution in [0.1, 0.15) is 38.7 Å². The topological polar surface area (TPSA) is 58.6 Å². The molecule has 0 saturated carbocycles. The standard InChI is InChI=1S/C18H26N2O3/c1-14-8-10-20(11-9-14)17(21)12-15(2)19-18(22)23-13-16-6-4-3-5-7-16/h3-7,14-15H,8-13H2,1-2H3,(H,19,22)/t15-/m1/s1. The number of nitrogens with one attached hydrogen (secondary N) is 1. The van der Waals surface area contributed by atoms with E-state index in [9.17, 15) is 9.59 Å². The first-order chi connectivity index (χ1) is 11.0. The van der Waals surface area contributed by atoms with Gasteiger partial charge >= 0.3 is 6.09 Å². The number of likely N-dealkylation sites (tertiary alicyclic amines) is 1. The lowest BCUT2D eigenvalue weighted by Gasteiger charge is -2.31. The van der Waals surface area contributed by atoms with Gasteiger partial charge in [-0.05, 0) is 31.2 Å². The first kappa shape index (κ1) is 17.3. The first-order valence-electron chi connectivity index (χ1n) is 8.29. The second kappa shape index (κ2) is 8.56. The highest BCUT2D eigenvalue weighted by atomic mass is 16.5. The Morgan fingerprint density at radius 2 is 1.91 bits per heavy atom. The van der Waals surface area contributed by atoms with Crippen LogP contribution in [0.5, 0.6) is 0 Å². The van der Waals surface area contributed by atoms with E-state index in [1.807, 2.05) is 42.2 Å². The van der Waals surface area contributed by atoms with Crippen LogP contribution in [0.2, 0.25) is 0 Å². The van der Waals surface area contributed by atoms with Gasteiger partial charge in [0, 0.05) is 25.6 Å². The third kappa shape index (κ3) is 5.93. The number of hydrogen-bond donors (Lipinski definition) is 1. The van der Waals surface area contributed by atoms with Crippen LogP contribution >= 0.6 is 0 Å². The van der Waals surface area contributed by atoms with Gasteiger partial charge in [-0.1, -0.05) is 37.3 Å². The van der Waals surface area contributed by atoms with Crippen LogP contribution in [-0.4, -0.2) is 36.0 Å². The third-order valence-electron chi connectivity index (χ3n) is 4.19. The second-order valence-corrected chi connectivity index (χ2v) is 6.37. The van der Waals surface area contributed by atoms with Crippen molar-refractivity contribution in [3.8, 4) is 0 Å². The zero-order valence-corrected chi connectivity index (χ0v) is 14.0. The molecule has 23 heavy (non-hydrogen) atoms. The van der Waals surface area contributed by atoms with E-state index in [-0.39, 0.29) is 18.6 Å². The maximum Gasteiger partial charge on any atom is 0.407 e. The normalized spacial score (nSPS) is 16.7. The van der Waals surface area contributed by atoms with Gasteiger partial charge in [0.25, 0.3) is 0 Å². The molecule has 0 aliphatic carbocycles. The van der Waals surface area contributed by atoms with Crippen molar-refractivity contribution in [3.05, 3.63) is 35.9 Å². The molecule has 1 fully saturated rings. The van der Waals surface area contributed by atoms with Gasteiger partial charge in [-0.3, -0.25) is 4.79 Å². The zero-order chi connectivity index (χ0) is 16.7. The predicted molar refractivity (Wildman–Crippen MR) is 88.8 cm³/mol. The van der Waals surface area contributed by atoms with Crippen molar-refractivity contribution in [1.29, 1.82) is 0 Å². The van der Waals surface area contributed by atoms with Crippen LogP contribution in [-0.2, 0) is 16.1 Å². The molecule has 1 saturated heterocycles. The highest BCUT2D eigenvalue weighted by molar-refractivity contribution is 5.77. The average Bonchev–Trinajstić information content (AvgIpc) is 2.54. The Morgan fingerprint density at radius 1 is 1.26 bits per heavy atom. The number of rotatable bonds is 5. The number of carbonyl (C=O) groups is 2. The molecule has 126 valence electrons. The van der Waals surface area contributed by atoms with Gasteiger partial charge in [-0.25, -0.2) is 4.79 Å². The monoisotopic (exact) mass is 318 g/mol. The molecule has 2 rings (SSSR count). The second-order valence-electron chi connectivity index (χ2n) is 6.37. The molecule has 0 unspecified atom stereocenters. The Kier molecular flexibility index (Phi) is 6.44. The van der Waals surface area contributed by atoms with E-state index in [0.717, 1.165) is 31.5 Å². The SMILES string of the molecule is CC1CCN(C(=O)C[C@@H](C)NC(=O)OCc2ccccc2)CC1. The quantitative estimate of drug-likeness (QED) is 0.908. The van der Waals surface area contributed by atoms with E-state index in [1.54, 1.807) is 0 Å². The smallest absolute Gasteiger partial charge is 0.407 e. The number of ether oxygens (including phenoxy) is 1. The molecule has 1 heterocycles. The summed E-state index contributed by atoms with van der Waals surface area (Å²) >= 11 is 0. The van der Waals surface area contributed by atoms with E-state index < -0.39 is 6.09 Å². The summed E-state index contributed by atoms with van der Waals surface area (Å²) in [6.45, 7) is 5.93. The number of amides is 2. The molecule has 0 bridgehead atoms. The molecule has 1 N–H and O–H groups in total. The molecule has 1 aromatic carbocycles. The molecule has 0 spiro atoms. The van der Waals surface area contributed by atoms with Gasteiger partial charge in [-0.15, -0.1) is 0 Å². The third-order valence-corrected chi connectivity index (χ3v) is 4.19.